The number of hydrogen-bond donors (Lipinski definition) is 4. The van der Waals surface area contributed by atoms with Gasteiger partial charge in [0.1, 0.15) is 18.5 Å². The average Bonchev–Trinajstić information content (AvgIpc) is 3.40. The van der Waals surface area contributed by atoms with E-state index in [0.29, 0.717) is 22.7 Å². The van der Waals surface area contributed by atoms with Crippen LogP contribution in [-0.4, -0.2) is 86.4 Å². The molecule has 0 saturated carbocycles. The highest BCUT2D eigenvalue weighted by molar-refractivity contribution is 7.98. The minimum atomic E-state index is -1.15. The number of anilines is 1. The van der Waals surface area contributed by atoms with Crippen molar-refractivity contribution in [3.05, 3.63) is 48.5 Å². The van der Waals surface area contributed by atoms with Crippen molar-refractivity contribution >= 4 is 34.7 Å². The SMILES string of the molecule is CN(C)c1ncnc2c1ncn2[C@@H]1O[C@H](CO)[C@@H](NC(=O)[C@@H](N)CSCc2ccccc2)[C@H]1O. The predicted octanol–water partition coefficient (Wildman–Crippen LogP) is -0.112. The standard InChI is InChI=1S/C22H29N7O4S/c1-28(2)19-17-20(25-11-24-19)29(12-26-17)22-18(31)16(15(8-30)33-22)27-21(32)14(23)10-34-9-13-6-4-3-5-7-13/h3-7,11-12,14-16,18,22,30-31H,8-10,23H2,1-2H3,(H,27,32)/t14-,15+,16+,18+,22+/m0/s1. The highest BCUT2D eigenvalue weighted by atomic mass is 32.2. The van der Waals surface area contributed by atoms with Crippen molar-refractivity contribution in [2.24, 2.45) is 5.73 Å². The number of rotatable bonds is 9. The van der Waals surface area contributed by atoms with Gasteiger partial charge in [0.05, 0.1) is 25.0 Å². The first-order chi connectivity index (χ1) is 16.4. The molecule has 1 aromatic carbocycles. The molecule has 1 aliphatic heterocycles. The molecule has 12 heteroatoms. The van der Waals surface area contributed by atoms with Gasteiger partial charge in [0.15, 0.2) is 23.2 Å². The lowest BCUT2D eigenvalue weighted by Gasteiger charge is -2.22. The van der Waals surface area contributed by atoms with Gasteiger partial charge in [-0.05, 0) is 5.56 Å². The van der Waals surface area contributed by atoms with Crippen LogP contribution < -0.4 is 16.0 Å². The van der Waals surface area contributed by atoms with Gasteiger partial charge in [0.2, 0.25) is 5.91 Å². The average molecular weight is 488 g/mol. The zero-order valence-corrected chi connectivity index (χ0v) is 19.8. The lowest BCUT2D eigenvalue weighted by Crippen LogP contribution is -2.53. The van der Waals surface area contributed by atoms with Crippen molar-refractivity contribution in [2.45, 2.75) is 36.3 Å². The van der Waals surface area contributed by atoms with Crippen molar-refractivity contribution in [3.8, 4) is 0 Å². The molecule has 0 aliphatic carbocycles. The van der Waals surface area contributed by atoms with Crippen molar-refractivity contribution in [3.63, 3.8) is 0 Å². The summed E-state index contributed by atoms with van der Waals surface area (Å²) in [5.74, 6) is 1.36. The van der Waals surface area contributed by atoms with Crippen LogP contribution in [0.3, 0.4) is 0 Å². The molecule has 3 heterocycles. The van der Waals surface area contributed by atoms with Crippen LogP contribution in [0.4, 0.5) is 5.82 Å². The number of fused-ring (bicyclic) bond motifs is 1. The summed E-state index contributed by atoms with van der Waals surface area (Å²) in [5, 5.41) is 23.6. The Kier molecular flexibility index (Phi) is 7.63. The molecule has 34 heavy (non-hydrogen) atoms. The minimum Gasteiger partial charge on any atom is -0.394 e. The maximum atomic E-state index is 12.7. The molecule has 0 radical (unpaired) electrons. The first-order valence-electron chi connectivity index (χ1n) is 10.9. The Hall–Kier alpha value is -2.77. The molecule has 0 bridgehead atoms. The van der Waals surface area contributed by atoms with Crippen LogP contribution in [-0.2, 0) is 15.3 Å². The first kappa shape index (κ1) is 24.4. The quantitative estimate of drug-likeness (QED) is 0.322. The second kappa shape index (κ2) is 10.7. The molecule has 1 aliphatic rings. The van der Waals surface area contributed by atoms with E-state index in [-0.39, 0.29) is 6.61 Å². The number of nitrogens with zero attached hydrogens (tertiary/aromatic N) is 5. The molecule has 0 spiro atoms. The van der Waals surface area contributed by atoms with Gasteiger partial charge in [-0.1, -0.05) is 30.3 Å². The van der Waals surface area contributed by atoms with Gasteiger partial charge >= 0.3 is 0 Å². The topological polar surface area (TPSA) is 152 Å². The third kappa shape index (κ3) is 5.00. The number of thioether (sulfide) groups is 1. The van der Waals surface area contributed by atoms with E-state index in [0.717, 1.165) is 11.3 Å². The number of nitrogens with two attached hydrogens (primary N) is 1. The predicted molar refractivity (Wildman–Crippen MR) is 129 cm³/mol. The molecule has 5 atom stereocenters. The van der Waals surface area contributed by atoms with Crippen molar-refractivity contribution in [1.82, 2.24) is 24.8 Å². The van der Waals surface area contributed by atoms with Crippen LogP contribution in [0.1, 0.15) is 11.8 Å². The molecule has 2 aromatic heterocycles. The third-order valence-corrected chi connectivity index (χ3v) is 6.78. The largest absolute Gasteiger partial charge is 0.394 e. The maximum Gasteiger partial charge on any atom is 0.238 e. The van der Waals surface area contributed by atoms with Gasteiger partial charge in [0.25, 0.3) is 0 Å². The Morgan fingerprint density at radius 2 is 2.06 bits per heavy atom. The molecular formula is C22H29N7O4S. The second-order valence-corrected chi connectivity index (χ2v) is 9.33. The summed E-state index contributed by atoms with van der Waals surface area (Å²) < 4.78 is 7.48. The number of aromatic nitrogens is 4. The molecule has 1 saturated heterocycles. The fourth-order valence-electron chi connectivity index (χ4n) is 3.88. The van der Waals surface area contributed by atoms with Crippen LogP contribution in [0.2, 0.25) is 0 Å². The summed E-state index contributed by atoms with van der Waals surface area (Å²) in [6.07, 6.45) is 0.0407. The Labute approximate surface area is 201 Å². The van der Waals surface area contributed by atoms with Crippen molar-refractivity contribution < 1.29 is 19.7 Å². The Morgan fingerprint density at radius 1 is 1.29 bits per heavy atom. The lowest BCUT2D eigenvalue weighted by atomic mass is 10.1. The van der Waals surface area contributed by atoms with E-state index in [1.807, 2.05) is 49.3 Å². The van der Waals surface area contributed by atoms with Crippen LogP contribution in [0, 0.1) is 0 Å². The van der Waals surface area contributed by atoms with Gasteiger partial charge in [-0.15, -0.1) is 0 Å². The number of aliphatic hydroxyl groups excluding tert-OH is 2. The molecule has 5 N–H and O–H groups in total. The normalized spacial score (nSPS) is 23.2. The van der Waals surface area contributed by atoms with E-state index in [9.17, 15) is 15.0 Å². The van der Waals surface area contributed by atoms with Gasteiger partial charge in [0, 0.05) is 25.6 Å². The van der Waals surface area contributed by atoms with Gasteiger partial charge < -0.3 is 30.9 Å². The maximum absolute atomic E-state index is 12.7. The minimum absolute atomic E-state index is 0.388. The number of carbonyl (C=O) groups is 1. The van der Waals surface area contributed by atoms with Crippen LogP contribution in [0.15, 0.2) is 43.0 Å². The first-order valence-corrected chi connectivity index (χ1v) is 12.0. The van der Waals surface area contributed by atoms with E-state index in [1.54, 1.807) is 16.3 Å². The molecule has 0 unspecified atom stereocenters. The number of imidazole rings is 1. The summed E-state index contributed by atoms with van der Waals surface area (Å²) in [6.45, 7) is -0.388. The van der Waals surface area contributed by atoms with Crippen molar-refractivity contribution in [2.75, 3.05) is 31.4 Å². The summed E-state index contributed by atoms with van der Waals surface area (Å²) >= 11 is 1.55. The molecule has 1 amide bonds. The monoisotopic (exact) mass is 487 g/mol. The highest BCUT2D eigenvalue weighted by Gasteiger charge is 2.46. The smallest absolute Gasteiger partial charge is 0.238 e. The molecular weight excluding hydrogens is 458 g/mol. The lowest BCUT2D eigenvalue weighted by molar-refractivity contribution is -0.123. The number of benzene rings is 1. The third-order valence-electron chi connectivity index (χ3n) is 5.65. The van der Waals surface area contributed by atoms with Crippen LogP contribution in [0.25, 0.3) is 11.2 Å². The summed E-state index contributed by atoms with van der Waals surface area (Å²) in [4.78, 5) is 27.4. The van der Waals surface area contributed by atoms with Gasteiger partial charge in [-0.25, -0.2) is 15.0 Å². The van der Waals surface area contributed by atoms with Crippen molar-refractivity contribution in [1.29, 1.82) is 0 Å². The Morgan fingerprint density at radius 3 is 2.76 bits per heavy atom. The number of aliphatic hydroxyl groups is 2. The number of nitrogens with one attached hydrogen (secondary N) is 1. The Balaban J connectivity index is 1.42. The molecule has 4 rings (SSSR count). The van der Waals surface area contributed by atoms with Gasteiger partial charge in [-0.2, -0.15) is 11.8 Å². The van der Waals surface area contributed by atoms with E-state index >= 15 is 0 Å². The number of amides is 1. The second-order valence-electron chi connectivity index (χ2n) is 8.30. The number of hydrogen-bond acceptors (Lipinski definition) is 10. The van der Waals surface area contributed by atoms with E-state index < -0.39 is 36.4 Å². The molecule has 1 fully saturated rings. The fraction of sp³-hybridized carbons (Fsp3) is 0.455. The number of ether oxygens (including phenoxy) is 1. The summed E-state index contributed by atoms with van der Waals surface area (Å²) in [5.41, 5.74) is 8.26. The van der Waals surface area contributed by atoms with Gasteiger partial charge in [-0.3, -0.25) is 9.36 Å². The molecule has 182 valence electrons. The summed E-state index contributed by atoms with van der Waals surface area (Å²) in [7, 11) is 3.69. The van der Waals surface area contributed by atoms with Crippen LogP contribution in [0.5, 0.6) is 0 Å². The number of carbonyl (C=O) groups excluding carboxylic acids is 1. The Bertz CT molecular complexity index is 1110. The molecule has 11 nitrogen and oxygen atoms in total. The zero-order chi connectivity index (χ0) is 24.2. The molecule has 3 aromatic rings. The summed E-state index contributed by atoms with van der Waals surface area (Å²) in [6, 6.07) is 8.29. The van der Waals surface area contributed by atoms with E-state index in [1.165, 1.54) is 12.7 Å². The van der Waals surface area contributed by atoms with E-state index in [2.05, 4.69) is 20.3 Å². The highest BCUT2D eigenvalue weighted by Crippen LogP contribution is 2.32. The fourth-order valence-corrected chi connectivity index (χ4v) is 4.84. The van der Waals surface area contributed by atoms with Crippen LogP contribution >= 0.6 is 11.8 Å². The van der Waals surface area contributed by atoms with E-state index in [4.69, 9.17) is 10.5 Å². The zero-order valence-electron chi connectivity index (χ0n) is 19.0.